The van der Waals surface area contributed by atoms with E-state index in [2.05, 4.69) is 0 Å². The van der Waals surface area contributed by atoms with Crippen molar-refractivity contribution in [3.8, 4) is 11.5 Å². The molecule has 1 aromatic carbocycles. The van der Waals surface area contributed by atoms with Crippen molar-refractivity contribution in [1.82, 2.24) is 0 Å². The Balaban J connectivity index is 1.69. The molecule has 2 aliphatic rings. The van der Waals surface area contributed by atoms with Gasteiger partial charge >= 0.3 is 0 Å². The molecule has 5 heteroatoms. The van der Waals surface area contributed by atoms with Gasteiger partial charge < -0.3 is 9.47 Å². The van der Waals surface area contributed by atoms with Gasteiger partial charge in [-0.3, -0.25) is 9.00 Å². The topological polar surface area (TPSA) is 52.6 Å². The zero-order valence-corrected chi connectivity index (χ0v) is 12.1. The number of carbonyl (C=O) groups excluding carboxylic acids is 1. The summed E-state index contributed by atoms with van der Waals surface area (Å²) in [6.07, 6.45) is 4.15. The summed E-state index contributed by atoms with van der Waals surface area (Å²) in [6.45, 7) is 1.04. The van der Waals surface area contributed by atoms with Gasteiger partial charge in [0.05, 0.1) is 16.6 Å². The number of carbonyl (C=O) groups is 1. The first-order valence-corrected chi connectivity index (χ1v) is 8.36. The van der Waals surface area contributed by atoms with Crippen LogP contribution in [0.5, 0.6) is 11.5 Å². The lowest BCUT2D eigenvalue weighted by atomic mass is 10.0. The summed E-state index contributed by atoms with van der Waals surface area (Å²) in [5.74, 6) is 1.67. The molecular weight excluding hydrogens is 276 g/mol. The molecule has 3 rings (SSSR count). The predicted molar refractivity (Wildman–Crippen MR) is 75.7 cm³/mol. The lowest BCUT2D eigenvalue weighted by Crippen LogP contribution is -2.19. The second-order valence-corrected chi connectivity index (χ2v) is 6.69. The smallest absolute Gasteiger partial charge is 0.162 e. The van der Waals surface area contributed by atoms with Crippen molar-refractivity contribution >= 4 is 16.6 Å². The monoisotopic (exact) mass is 294 g/mol. The van der Waals surface area contributed by atoms with E-state index in [9.17, 15) is 9.00 Å². The molecule has 1 heterocycles. The van der Waals surface area contributed by atoms with Crippen LogP contribution in [-0.4, -0.2) is 29.0 Å². The SMILES string of the molecule is O=C(CS(=O)c1ccc2c(c1)OCCO2)C1CCCC1. The standard InChI is InChI=1S/C15H18O4S/c16-13(11-3-1-2-4-11)10-20(17)12-5-6-14-15(9-12)19-8-7-18-14/h5-6,9,11H,1-4,7-8,10H2. The van der Waals surface area contributed by atoms with Crippen molar-refractivity contribution in [2.75, 3.05) is 19.0 Å². The summed E-state index contributed by atoms with van der Waals surface area (Å²) in [5.41, 5.74) is 0. The molecule has 1 aliphatic heterocycles. The van der Waals surface area contributed by atoms with Crippen LogP contribution in [0.4, 0.5) is 0 Å². The van der Waals surface area contributed by atoms with Crippen molar-refractivity contribution < 1.29 is 18.5 Å². The zero-order valence-electron chi connectivity index (χ0n) is 11.3. The second kappa shape index (κ2) is 5.95. The Hall–Kier alpha value is -1.36. The number of hydrogen-bond donors (Lipinski definition) is 0. The fraction of sp³-hybridized carbons (Fsp3) is 0.533. The van der Waals surface area contributed by atoms with E-state index in [0.717, 1.165) is 25.7 Å². The fourth-order valence-corrected chi connectivity index (χ4v) is 3.86. The molecule has 1 atom stereocenters. The molecule has 108 valence electrons. The van der Waals surface area contributed by atoms with Crippen LogP contribution < -0.4 is 9.47 Å². The van der Waals surface area contributed by atoms with Crippen LogP contribution in [0.3, 0.4) is 0 Å². The van der Waals surface area contributed by atoms with Crippen molar-refractivity contribution in [3.05, 3.63) is 18.2 Å². The lowest BCUT2D eigenvalue weighted by Gasteiger charge is -2.18. The number of ether oxygens (including phenoxy) is 2. The molecule has 1 aliphatic carbocycles. The van der Waals surface area contributed by atoms with E-state index in [4.69, 9.17) is 9.47 Å². The summed E-state index contributed by atoms with van der Waals surface area (Å²) in [5, 5.41) is 0. The third-order valence-corrected chi connectivity index (χ3v) is 5.19. The summed E-state index contributed by atoms with van der Waals surface area (Å²) in [4.78, 5) is 12.7. The first-order valence-electron chi connectivity index (χ1n) is 7.05. The number of rotatable bonds is 4. The Bertz CT molecular complexity index is 535. The van der Waals surface area contributed by atoms with Crippen LogP contribution in [0, 0.1) is 5.92 Å². The highest BCUT2D eigenvalue weighted by atomic mass is 32.2. The van der Waals surface area contributed by atoms with Gasteiger partial charge in [-0.1, -0.05) is 12.8 Å². The average Bonchev–Trinajstić information content (AvgIpc) is 3.01. The largest absolute Gasteiger partial charge is 0.486 e. The quantitative estimate of drug-likeness (QED) is 0.855. The van der Waals surface area contributed by atoms with Crippen LogP contribution in [-0.2, 0) is 15.6 Å². The fourth-order valence-electron chi connectivity index (χ4n) is 2.74. The number of Topliss-reactive ketones (excluding diaryl/α,β-unsaturated/α-hetero) is 1. The van der Waals surface area contributed by atoms with Gasteiger partial charge in [-0.25, -0.2) is 0 Å². The predicted octanol–water partition coefficient (Wildman–Crippen LogP) is 2.32. The van der Waals surface area contributed by atoms with Gasteiger partial charge in [0.15, 0.2) is 11.5 Å². The minimum atomic E-state index is -1.29. The molecule has 0 bridgehead atoms. The van der Waals surface area contributed by atoms with E-state index < -0.39 is 10.8 Å². The molecule has 0 saturated heterocycles. The Morgan fingerprint density at radius 3 is 2.60 bits per heavy atom. The minimum absolute atomic E-state index is 0.115. The molecule has 1 saturated carbocycles. The maximum Gasteiger partial charge on any atom is 0.162 e. The molecule has 0 spiro atoms. The number of fused-ring (bicyclic) bond motifs is 1. The van der Waals surface area contributed by atoms with Crippen LogP contribution >= 0.6 is 0 Å². The first kappa shape index (κ1) is 13.6. The highest BCUT2D eigenvalue weighted by molar-refractivity contribution is 7.85. The maximum absolute atomic E-state index is 12.3. The molecule has 4 nitrogen and oxygen atoms in total. The minimum Gasteiger partial charge on any atom is -0.486 e. The van der Waals surface area contributed by atoms with E-state index in [1.165, 1.54) is 0 Å². The van der Waals surface area contributed by atoms with Crippen molar-refractivity contribution in [1.29, 1.82) is 0 Å². The third kappa shape index (κ3) is 2.87. The van der Waals surface area contributed by atoms with Crippen LogP contribution in [0.15, 0.2) is 23.1 Å². The van der Waals surface area contributed by atoms with E-state index in [-0.39, 0.29) is 17.5 Å². The highest BCUT2D eigenvalue weighted by Gasteiger charge is 2.24. The van der Waals surface area contributed by atoms with E-state index in [1.54, 1.807) is 18.2 Å². The van der Waals surface area contributed by atoms with E-state index >= 15 is 0 Å². The number of hydrogen-bond acceptors (Lipinski definition) is 4. The molecular formula is C15H18O4S. The Labute approximate surface area is 120 Å². The number of benzene rings is 1. The summed E-state index contributed by atoms with van der Waals surface area (Å²) in [7, 11) is -1.29. The first-order chi connectivity index (χ1) is 9.74. The van der Waals surface area contributed by atoms with Gasteiger partial charge in [-0.2, -0.15) is 0 Å². The van der Waals surface area contributed by atoms with E-state index in [1.807, 2.05) is 0 Å². The van der Waals surface area contributed by atoms with Gasteiger partial charge in [0.1, 0.15) is 19.0 Å². The Kier molecular flexibility index (Phi) is 4.05. The highest BCUT2D eigenvalue weighted by Crippen LogP contribution is 2.32. The van der Waals surface area contributed by atoms with Gasteiger partial charge in [0.25, 0.3) is 0 Å². The molecule has 0 aromatic heterocycles. The molecule has 1 aromatic rings. The normalized spacial score (nSPS) is 19.8. The van der Waals surface area contributed by atoms with Crippen molar-refractivity contribution in [2.45, 2.75) is 30.6 Å². The van der Waals surface area contributed by atoms with Crippen molar-refractivity contribution in [2.24, 2.45) is 5.92 Å². The van der Waals surface area contributed by atoms with Gasteiger partial charge in [0.2, 0.25) is 0 Å². The molecule has 0 amide bonds. The lowest BCUT2D eigenvalue weighted by molar-refractivity contribution is -0.120. The Morgan fingerprint density at radius 2 is 1.85 bits per heavy atom. The Morgan fingerprint density at radius 1 is 1.15 bits per heavy atom. The second-order valence-electron chi connectivity index (χ2n) is 5.24. The van der Waals surface area contributed by atoms with Crippen LogP contribution in [0.25, 0.3) is 0 Å². The summed E-state index contributed by atoms with van der Waals surface area (Å²) < 4.78 is 23.2. The molecule has 1 fully saturated rings. The third-order valence-electron chi connectivity index (χ3n) is 3.86. The number of ketones is 1. The van der Waals surface area contributed by atoms with Gasteiger partial charge in [-0.15, -0.1) is 0 Å². The molecule has 1 unspecified atom stereocenters. The van der Waals surface area contributed by atoms with Crippen LogP contribution in [0.1, 0.15) is 25.7 Å². The van der Waals surface area contributed by atoms with Crippen molar-refractivity contribution in [3.63, 3.8) is 0 Å². The van der Waals surface area contributed by atoms with Crippen LogP contribution in [0.2, 0.25) is 0 Å². The molecule has 0 radical (unpaired) electrons. The van der Waals surface area contributed by atoms with E-state index in [0.29, 0.717) is 29.6 Å². The zero-order chi connectivity index (χ0) is 13.9. The summed E-state index contributed by atoms with van der Waals surface area (Å²) >= 11 is 0. The summed E-state index contributed by atoms with van der Waals surface area (Å²) in [6, 6.07) is 5.25. The average molecular weight is 294 g/mol. The maximum atomic E-state index is 12.3. The van der Waals surface area contributed by atoms with Gasteiger partial charge in [-0.05, 0) is 25.0 Å². The van der Waals surface area contributed by atoms with Gasteiger partial charge in [0, 0.05) is 16.9 Å². The molecule has 0 N–H and O–H groups in total. The molecule has 20 heavy (non-hydrogen) atoms.